The number of thioether (sulfide) groups is 1. The van der Waals surface area contributed by atoms with Gasteiger partial charge in [-0.15, -0.1) is 33.8 Å². The zero-order valence-electron chi connectivity index (χ0n) is 43.7. The van der Waals surface area contributed by atoms with E-state index >= 15 is 0 Å². The van der Waals surface area contributed by atoms with Gasteiger partial charge in [0.1, 0.15) is 0 Å². The number of aromatic nitrogens is 4. The summed E-state index contributed by atoms with van der Waals surface area (Å²) >= 11 is 1.87. The Morgan fingerprint density at radius 2 is 0.703 bits per heavy atom. The first-order valence-corrected chi connectivity index (χ1v) is 26.3. The zero-order valence-corrected chi connectivity index (χ0v) is 47.5. The van der Waals surface area contributed by atoms with Crippen LogP contribution in [0.5, 0.6) is 0 Å². The maximum atomic E-state index is 5.64. The number of rotatable bonds is 7. The summed E-state index contributed by atoms with van der Waals surface area (Å²) < 4.78 is 0. The van der Waals surface area contributed by atoms with Gasteiger partial charge in [0.2, 0.25) is 0 Å². The fourth-order valence-corrected chi connectivity index (χ4v) is 13.0. The van der Waals surface area contributed by atoms with E-state index < -0.39 is 0 Å². The Hall–Kier alpha value is -7.37. The molecule has 0 amide bonds. The number of hydrogen-bond acceptors (Lipinski definition) is 3. The van der Waals surface area contributed by atoms with E-state index in [0.29, 0.717) is 0 Å². The van der Waals surface area contributed by atoms with Crippen LogP contribution >= 0.6 is 11.8 Å². The van der Waals surface area contributed by atoms with Gasteiger partial charge in [-0.3, -0.25) is 0 Å². The van der Waals surface area contributed by atoms with Crippen LogP contribution in [0.4, 0.5) is 0 Å². The minimum atomic E-state index is 0. The fourth-order valence-electron chi connectivity index (χ4n) is 12.0. The van der Waals surface area contributed by atoms with Gasteiger partial charge >= 0.3 is 19.5 Å². The Morgan fingerprint density at radius 3 is 1.08 bits per heavy atom. The van der Waals surface area contributed by atoms with Gasteiger partial charge in [0.05, 0.1) is 22.8 Å². The van der Waals surface area contributed by atoms with E-state index in [9.17, 15) is 0 Å². The summed E-state index contributed by atoms with van der Waals surface area (Å²) in [5, 5.41) is 5.15. The Labute approximate surface area is 451 Å². The molecule has 0 atom stereocenters. The largest absolute Gasteiger partial charge is 2.00 e. The molecule has 3 aromatic heterocycles. The Kier molecular flexibility index (Phi) is 12.9. The molecular weight excluding hydrogens is 970 g/mol. The Balaban J connectivity index is 0.00000588. The topological polar surface area (TPSA) is 54.0 Å². The smallest absolute Gasteiger partial charge is 0.657 e. The molecule has 0 saturated heterocycles. The molecule has 2 aliphatic heterocycles. The molecule has 0 aliphatic carbocycles. The monoisotopic (exact) mass is 1020 g/mol. The van der Waals surface area contributed by atoms with E-state index in [2.05, 4.69) is 226 Å². The second kappa shape index (κ2) is 19.5. The predicted octanol–water partition coefficient (Wildman–Crippen LogP) is 18.0. The van der Waals surface area contributed by atoms with Crippen LogP contribution in [-0.2, 0) is 25.2 Å². The van der Waals surface area contributed by atoms with Crippen molar-refractivity contribution in [1.29, 1.82) is 0 Å². The van der Waals surface area contributed by atoms with Crippen LogP contribution in [0.15, 0.2) is 144 Å². The van der Waals surface area contributed by atoms with E-state index in [4.69, 9.17) is 19.9 Å². The van der Waals surface area contributed by atoms with Gasteiger partial charge in [0.25, 0.3) is 0 Å². The minimum absolute atomic E-state index is 0. The van der Waals surface area contributed by atoms with E-state index in [1.54, 1.807) is 0 Å². The third-order valence-corrected chi connectivity index (χ3v) is 15.8. The normalized spacial score (nSPS) is 12.0. The predicted molar refractivity (Wildman–Crippen MR) is 312 cm³/mol. The Bertz CT molecular complexity index is 4010. The van der Waals surface area contributed by atoms with Gasteiger partial charge in [0.15, 0.2) is 0 Å². The number of hydrogen-bond donors (Lipinski definition) is 0. The van der Waals surface area contributed by atoms with Crippen LogP contribution in [0.25, 0.3) is 112 Å². The van der Waals surface area contributed by atoms with Crippen molar-refractivity contribution < 1.29 is 19.5 Å². The van der Waals surface area contributed by atoms with Crippen LogP contribution in [0.3, 0.4) is 0 Å². The van der Waals surface area contributed by atoms with Crippen LogP contribution in [0, 0.1) is 62.3 Å². The van der Waals surface area contributed by atoms with Gasteiger partial charge in [0, 0.05) is 10.6 Å². The molecule has 8 bridgehead atoms. The van der Waals surface area contributed by atoms with Gasteiger partial charge in [-0.05, 0) is 210 Å². The Morgan fingerprint density at radius 1 is 0.365 bits per heavy atom. The van der Waals surface area contributed by atoms with Crippen molar-refractivity contribution in [3.8, 4) is 44.5 Å². The zero-order chi connectivity index (χ0) is 50.2. The van der Waals surface area contributed by atoms with Gasteiger partial charge in [-0.25, -0.2) is 9.97 Å². The molecule has 0 radical (unpaired) electrons. The molecule has 10 aromatic rings. The van der Waals surface area contributed by atoms with Gasteiger partial charge < -0.3 is 9.97 Å². The van der Waals surface area contributed by atoms with E-state index in [0.717, 1.165) is 95.1 Å². The molecule has 0 unspecified atom stereocenters. The molecule has 356 valence electrons. The molecule has 4 nitrogen and oxygen atoms in total. The summed E-state index contributed by atoms with van der Waals surface area (Å²) in [4.78, 5) is 23.8. The van der Waals surface area contributed by atoms with E-state index in [1.807, 2.05) is 11.8 Å². The third kappa shape index (κ3) is 8.68. The van der Waals surface area contributed by atoms with Gasteiger partial charge in [-0.1, -0.05) is 138 Å². The standard InChI is InChI=1S/C68H56N4S.Zn/c1-38-30-41(4)62(42(5)31-38)66-56-24-22-54(69-56)65(47-18-20-50(21-19-47)73-37-53-51-16-12-10-14-48(51)36-49-15-11-13-17-52(49)53)55-23-25-57(70-55)67(63-43(6)32-39(2)33-44(63)7)59-27-29-61(72-59)68(60-28-26-58(66)71-60)64-45(8)34-40(3)35-46(64)9;/h10-36H,37H2,1-9H3;/q-2;+2. The first-order chi connectivity index (χ1) is 35.4. The summed E-state index contributed by atoms with van der Waals surface area (Å²) in [7, 11) is 0. The van der Waals surface area contributed by atoms with Crippen LogP contribution in [-0.4, -0.2) is 9.97 Å². The second-order valence-corrected chi connectivity index (χ2v) is 21.3. The van der Waals surface area contributed by atoms with Crippen LogP contribution in [0.1, 0.15) is 78.4 Å². The molecule has 7 aromatic carbocycles. The van der Waals surface area contributed by atoms with Gasteiger partial charge in [-0.2, -0.15) is 0 Å². The summed E-state index contributed by atoms with van der Waals surface area (Å²) in [5.74, 6) is 0.852. The maximum absolute atomic E-state index is 5.64. The first-order valence-electron chi connectivity index (χ1n) is 25.3. The SMILES string of the molecule is Cc1cc(C)c(-c2c3nc(c(-c4c(C)cc(C)cc4C)c4ccc([n-]4)c(-c4c(C)cc(C)cc4C)c4nc(c(-c5ccc(SCc6c7ccccc7cc7ccccc67)cc5)c5ccc2[n-]5)C=C4)C=C3)c(C)c1.[Zn+2]. The quantitative estimate of drug-likeness (QED) is 0.0904. The van der Waals surface area contributed by atoms with Crippen LogP contribution in [0.2, 0.25) is 0 Å². The van der Waals surface area contributed by atoms with Crippen molar-refractivity contribution in [1.82, 2.24) is 19.9 Å². The summed E-state index contributed by atoms with van der Waals surface area (Å²) in [6.45, 7) is 19.8. The molecule has 2 aliphatic rings. The number of benzene rings is 7. The minimum Gasteiger partial charge on any atom is -0.657 e. The summed E-state index contributed by atoms with van der Waals surface area (Å²) in [6, 6.07) is 51.2. The average Bonchev–Trinajstić information content (AvgIpc) is 4.21. The number of nitrogens with zero attached hydrogens (tertiary/aromatic N) is 4. The molecule has 12 rings (SSSR count). The molecule has 74 heavy (non-hydrogen) atoms. The van der Waals surface area contributed by atoms with Crippen molar-refractivity contribution in [2.24, 2.45) is 0 Å². The van der Waals surface area contributed by atoms with Crippen LogP contribution < -0.4 is 9.97 Å². The van der Waals surface area contributed by atoms with E-state index in [1.165, 1.54) is 82.1 Å². The fraction of sp³-hybridized carbons (Fsp3) is 0.147. The van der Waals surface area contributed by atoms with Crippen molar-refractivity contribution in [2.75, 3.05) is 0 Å². The number of fused-ring (bicyclic) bond motifs is 10. The van der Waals surface area contributed by atoms with Crippen molar-refractivity contribution in [2.45, 2.75) is 73.0 Å². The second-order valence-electron chi connectivity index (χ2n) is 20.3. The van der Waals surface area contributed by atoms with Crippen molar-refractivity contribution in [3.63, 3.8) is 0 Å². The maximum Gasteiger partial charge on any atom is 2.00 e. The van der Waals surface area contributed by atoms with Crippen molar-refractivity contribution >= 4 is 79.7 Å². The molecule has 6 heteroatoms. The summed E-state index contributed by atoms with van der Waals surface area (Å²) in [6.07, 6.45) is 8.72. The number of aryl methyl sites for hydroxylation is 9. The molecule has 0 spiro atoms. The molecule has 0 N–H and O–H groups in total. The summed E-state index contributed by atoms with van der Waals surface area (Å²) in [5.41, 5.74) is 27.7. The van der Waals surface area contributed by atoms with E-state index in [-0.39, 0.29) is 19.5 Å². The first kappa shape index (κ1) is 48.9. The van der Waals surface area contributed by atoms with Crippen molar-refractivity contribution in [3.05, 3.63) is 218 Å². The molecule has 0 fully saturated rings. The molecule has 5 heterocycles. The average molecular weight is 1030 g/mol. The molecular formula is C68H56N4SZn. The molecule has 0 saturated carbocycles. The third-order valence-electron chi connectivity index (χ3n) is 14.8.